The molecule has 7 heteroatoms. The van der Waals surface area contributed by atoms with Crippen molar-refractivity contribution in [3.8, 4) is 0 Å². The average Bonchev–Trinajstić information content (AvgIpc) is 2.66. The molecule has 6 nitrogen and oxygen atoms in total. The molecule has 0 aliphatic carbocycles. The largest absolute Gasteiger partial charge is 0.466 e. The Morgan fingerprint density at radius 1 is 1.18 bits per heavy atom. The SMILES string of the molecule is COC(=O)/C=C/c1ccc(C2(NC(=O)OCC[Si](C)(C)C)CCNCC2)cc1. The number of ether oxygens (including phenoxy) is 2. The van der Waals surface area contributed by atoms with Gasteiger partial charge in [0, 0.05) is 14.1 Å². The fraction of sp³-hybridized carbons (Fsp3) is 0.524. The van der Waals surface area contributed by atoms with Crippen LogP contribution >= 0.6 is 0 Å². The van der Waals surface area contributed by atoms with Crippen molar-refractivity contribution in [2.24, 2.45) is 0 Å². The lowest BCUT2D eigenvalue weighted by Crippen LogP contribution is -2.52. The Hall–Kier alpha value is -2.12. The van der Waals surface area contributed by atoms with Crippen LogP contribution in [0.25, 0.3) is 6.08 Å². The molecule has 2 rings (SSSR count). The molecule has 1 aliphatic heterocycles. The van der Waals surface area contributed by atoms with Crippen molar-refractivity contribution < 1.29 is 19.1 Å². The van der Waals surface area contributed by atoms with Gasteiger partial charge in [-0.1, -0.05) is 43.9 Å². The minimum Gasteiger partial charge on any atom is -0.466 e. The second kappa shape index (κ2) is 9.89. The van der Waals surface area contributed by atoms with Gasteiger partial charge in [-0.25, -0.2) is 9.59 Å². The number of piperidine rings is 1. The van der Waals surface area contributed by atoms with Crippen LogP contribution in [0.2, 0.25) is 25.7 Å². The summed E-state index contributed by atoms with van der Waals surface area (Å²) in [7, 11) is 0.114. The summed E-state index contributed by atoms with van der Waals surface area (Å²) < 4.78 is 10.1. The average molecular weight is 405 g/mol. The van der Waals surface area contributed by atoms with Gasteiger partial charge in [-0.2, -0.15) is 0 Å². The Kier molecular flexibility index (Phi) is 7.83. The zero-order valence-electron chi connectivity index (χ0n) is 17.3. The predicted octanol–water partition coefficient (Wildman–Crippen LogP) is 3.52. The highest BCUT2D eigenvalue weighted by molar-refractivity contribution is 6.76. The molecule has 1 heterocycles. The number of hydrogen-bond donors (Lipinski definition) is 2. The van der Waals surface area contributed by atoms with E-state index in [-0.39, 0.29) is 12.1 Å². The van der Waals surface area contributed by atoms with E-state index in [1.807, 2.05) is 24.3 Å². The summed E-state index contributed by atoms with van der Waals surface area (Å²) in [6.45, 7) is 8.92. The van der Waals surface area contributed by atoms with E-state index in [9.17, 15) is 9.59 Å². The molecular weight excluding hydrogens is 372 g/mol. The van der Waals surface area contributed by atoms with Crippen LogP contribution in [0.15, 0.2) is 30.3 Å². The van der Waals surface area contributed by atoms with Crippen LogP contribution in [-0.4, -0.2) is 46.9 Å². The molecule has 1 aromatic rings. The highest BCUT2D eigenvalue weighted by Crippen LogP contribution is 2.31. The molecule has 28 heavy (non-hydrogen) atoms. The maximum Gasteiger partial charge on any atom is 0.407 e. The van der Waals surface area contributed by atoms with Gasteiger partial charge >= 0.3 is 12.1 Å². The van der Waals surface area contributed by atoms with Crippen molar-refractivity contribution in [2.45, 2.75) is 44.1 Å². The Morgan fingerprint density at radius 2 is 1.82 bits per heavy atom. The maximum absolute atomic E-state index is 12.5. The maximum atomic E-state index is 12.5. The molecule has 0 atom stereocenters. The molecule has 0 aromatic heterocycles. The second-order valence-electron chi connectivity index (χ2n) is 8.38. The fourth-order valence-corrected chi connectivity index (χ4v) is 3.88. The minimum absolute atomic E-state index is 0.352. The first-order valence-corrected chi connectivity index (χ1v) is 13.5. The number of alkyl carbamates (subject to hydrolysis) is 1. The molecule has 1 aliphatic rings. The Labute approximate surface area is 168 Å². The zero-order chi connectivity index (χ0) is 20.6. The van der Waals surface area contributed by atoms with E-state index in [1.165, 1.54) is 13.2 Å². The van der Waals surface area contributed by atoms with Crippen LogP contribution in [0.3, 0.4) is 0 Å². The van der Waals surface area contributed by atoms with Crippen LogP contribution in [0.5, 0.6) is 0 Å². The van der Waals surface area contributed by atoms with E-state index >= 15 is 0 Å². The van der Waals surface area contributed by atoms with Crippen molar-refractivity contribution >= 4 is 26.2 Å². The lowest BCUT2D eigenvalue weighted by molar-refractivity contribution is -0.134. The van der Waals surface area contributed by atoms with E-state index in [1.54, 1.807) is 6.08 Å². The standard InChI is InChI=1S/C21H32N2O4Si/c1-26-19(24)10-7-17-5-8-18(9-6-17)21(11-13-22-14-12-21)23-20(25)27-15-16-28(2,3)4/h5-10,22H,11-16H2,1-4H3,(H,23,25)/b10-7+. The first kappa shape index (κ1) is 22.2. The number of esters is 1. The van der Waals surface area contributed by atoms with Gasteiger partial charge in [0.1, 0.15) is 0 Å². The number of carbonyl (C=O) groups is 2. The number of methoxy groups -OCH3 is 1. The Bertz CT molecular complexity index is 689. The molecule has 0 unspecified atom stereocenters. The van der Waals surface area contributed by atoms with Crippen LogP contribution in [0.1, 0.15) is 24.0 Å². The molecule has 0 radical (unpaired) electrons. The van der Waals surface area contributed by atoms with Crippen LogP contribution in [-0.2, 0) is 19.8 Å². The van der Waals surface area contributed by atoms with Crippen LogP contribution < -0.4 is 10.6 Å². The van der Waals surface area contributed by atoms with Gasteiger partial charge in [0.25, 0.3) is 0 Å². The van der Waals surface area contributed by atoms with E-state index in [0.29, 0.717) is 6.61 Å². The Balaban J connectivity index is 2.08. The van der Waals surface area contributed by atoms with E-state index in [4.69, 9.17) is 4.74 Å². The molecule has 154 valence electrons. The van der Waals surface area contributed by atoms with E-state index in [2.05, 4.69) is 35.0 Å². The molecule has 2 N–H and O–H groups in total. The molecule has 1 amide bonds. The third-order valence-electron chi connectivity index (χ3n) is 4.96. The van der Waals surface area contributed by atoms with Gasteiger partial charge in [0.2, 0.25) is 0 Å². The highest BCUT2D eigenvalue weighted by Gasteiger charge is 2.36. The minimum atomic E-state index is -1.24. The first-order chi connectivity index (χ1) is 13.2. The predicted molar refractivity (Wildman–Crippen MR) is 114 cm³/mol. The summed E-state index contributed by atoms with van der Waals surface area (Å²) in [6, 6.07) is 8.85. The van der Waals surface area contributed by atoms with E-state index < -0.39 is 13.6 Å². The normalized spacial score (nSPS) is 16.6. The lowest BCUT2D eigenvalue weighted by atomic mass is 9.81. The molecule has 1 saturated heterocycles. The van der Waals surface area contributed by atoms with Crippen molar-refractivity contribution in [1.29, 1.82) is 0 Å². The number of rotatable bonds is 7. The summed E-state index contributed by atoms with van der Waals surface area (Å²) in [5, 5.41) is 6.48. The summed E-state index contributed by atoms with van der Waals surface area (Å²) >= 11 is 0. The Morgan fingerprint density at radius 3 is 2.39 bits per heavy atom. The van der Waals surface area contributed by atoms with Gasteiger partial charge < -0.3 is 20.1 Å². The van der Waals surface area contributed by atoms with Crippen molar-refractivity contribution in [3.05, 3.63) is 41.5 Å². The number of benzene rings is 1. The number of nitrogens with one attached hydrogen (secondary N) is 2. The number of amides is 1. The van der Waals surface area contributed by atoms with Gasteiger partial charge in [-0.05, 0) is 49.2 Å². The molecule has 1 fully saturated rings. The summed E-state index contributed by atoms with van der Waals surface area (Å²) in [6.07, 6.45) is 4.35. The van der Waals surface area contributed by atoms with Crippen LogP contribution in [0, 0.1) is 0 Å². The fourth-order valence-electron chi connectivity index (χ4n) is 3.17. The number of hydrogen-bond acceptors (Lipinski definition) is 5. The molecule has 1 aromatic carbocycles. The van der Waals surface area contributed by atoms with Gasteiger partial charge in [-0.3, -0.25) is 0 Å². The highest BCUT2D eigenvalue weighted by atomic mass is 28.3. The van der Waals surface area contributed by atoms with Crippen molar-refractivity contribution in [3.63, 3.8) is 0 Å². The van der Waals surface area contributed by atoms with Crippen molar-refractivity contribution in [2.75, 3.05) is 26.8 Å². The third kappa shape index (κ3) is 6.80. The second-order valence-corrected chi connectivity index (χ2v) is 14.0. The van der Waals surface area contributed by atoms with Crippen LogP contribution in [0.4, 0.5) is 4.79 Å². The monoisotopic (exact) mass is 404 g/mol. The first-order valence-electron chi connectivity index (χ1n) is 9.76. The van der Waals surface area contributed by atoms with Gasteiger partial charge in [-0.15, -0.1) is 0 Å². The van der Waals surface area contributed by atoms with Crippen molar-refractivity contribution in [1.82, 2.24) is 10.6 Å². The topological polar surface area (TPSA) is 76.7 Å². The van der Waals surface area contributed by atoms with Gasteiger partial charge in [0.05, 0.1) is 19.3 Å². The van der Waals surface area contributed by atoms with E-state index in [0.717, 1.165) is 43.1 Å². The number of carbonyl (C=O) groups excluding carboxylic acids is 2. The zero-order valence-corrected chi connectivity index (χ0v) is 18.3. The smallest absolute Gasteiger partial charge is 0.407 e. The lowest BCUT2D eigenvalue weighted by Gasteiger charge is -2.38. The third-order valence-corrected chi connectivity index (χ3v) is 6.66. The molecule has 0 bridgehead atoms. The molecule has 0 saturated carbocycles. The summed E-state index contributed by atoms with van der Waals surface area (Å²) in [5.74, 6) is -0.387. The van der Waals surface area contributed by atoms with Gasteiger partial charge in [0.15, 0.2) is 0 Å². The molecule has 0 spiro atoms. The quantitative estimate of drug-likeness (QED) is 0.413. The molecular formula is C21H32N2O4Si. The summed E-state index contributed by atoms with van der Waals surface area (Å²) in [5.41, 5.74) is 1.51. The summed E-state index contributed by atoms with van der Waals surface area (Å²) in [4.78, 5) is 23.7.